The average Bonchev–Trinajstić information content (AvgIpc) is 3.53. The molecule has 5 rings (SSSR count). The van der Waals surface area contributed by atoms with Gasteiger partial charge in [-0.25, -0.2) is 4.98 Å². The molecule has 2 fully saturated rings. The van der Waals surface area contributed by atoms with Gasteiger partial charge in [0, 0.05) is 74.3 Å². The molecule has 2 aliphatic heterocycles. The Bertz CT molecular complexity index is 1500. The van der Waals surface area contributed by atoms with E-state index in [9.17, 15) is 22.8 Å². The molecule has 13 heteroatoms. The molecule has 2 atom stereocenters. The van der Waals surface area contributed by atoms with Crippen LogP contribution in [0.5, 0.6) is 5.75 Å². The van der Waals surface area contributed by atoms with Gasteiger partial charge >= 0.3 is 6.18 Å². The third-order valence-corrected chi connectivity index (χ3v) is 7.40. The molecule has 10 nitrogen and oxygen atoms in total. The normalized spacial score (nSPS) is 17.9. The first-order valence-electron chi connectivity index (χ1n) is 13.2. The van der Waals surface area contributed by atoms with Crippen LogP contribution in [0.25, 0.3) is 0 Å². The molecule has 0 radical (unpaired) electrons. The van der Waals surface area contributed by atoms with Crippen LogP contribution in [0.15, 0.2) is 61.3 Å². The second kappa shape index (κ2) is 11.6. The Morgan fingerprint density at radius 2 is 1.76 bits per heavy atom. The summed E-state index contributed by atoms with van der Waals surface area (Å²) in [5.41, 5.74) is 1.01. The summed E-state index contributed by atoms with van der Waals surface area (Å²) in [6.45, 7) is 8.13. The Balaban J connectivity index is 1.35. The molecule has 0 aliphatic carbocycles. The van der Waals surface area contributed by atoms with Crippen LogP contribution in [0.3, 0.4) is 0 Å². The fourth-order valence-electron chi connectivity index (χ4n) is 5.31. The lowest BCUT2D eigenvalue weighted by atomic mass is 10.0. The van der Waals surface area contributed by atoms with E-state index in [1.165, 1.54) is 13.2 Å². The molecule has 2 aliphatic rings. The van der Waals surface area contributed by atoms with E-state index in [2.05, 4.69) is 37.4 Å². The summed E-state index contributed by atoms with van der Waals surface area (Å²) in [5, 5.41) is 8.22. The average molecular weight is 582 g/mol. The molecule has 0 bridgehead atoms. The highest BCUT2D eigenvalue weighted by atomic mass is 19.4. The number of carbonyl (C=O) groups excluding carboxylic acids is 2. The van der Waals surface area contributed by atoms with Crippen LogP contribution in [-0.2, 0) is 15.8 Å². The Kier molecular flexibility index (Phi) is 7.92. The van der Waals surface area contributed by atoms with Gasteiger partial charge in [-0.1, -0.05) is 12.6 Å². The zero-order chi connectivity index (χ0) is 30.0. The first-order chi connectivity index (χ1) is 20.0. The van der Waals surface area contributed by atoms with E-state index in [-0.39, 0.29) is 17.5 Å². The molecule has 42 heavy (non-hydrogen) atoms. The quantitative estimate of drug-likeness (QED) is 0.318. The molecule has 3 heterocycles. The molecule has 0 saturated carbocycles. The number of fused-ring (bicyclic) bond motifs is 1. The third kappa shape index (κ3) is 6.24. The van der Waals surface area contributed by atoms with Crippen LogP contribution in [-0.4, -0.2) is 60.0 Å². The van der Waals surface area contributed by atoms with E-state index < -0.39 is 23.5 Å². The molecule has 220 valence electrons. The highest BCUT2D eigenvalue weighted by Gasteiger charge is 2.41. The molecule has 3 N–H and O–H groups in total. The molecule has 2 saturated heterocycles. The van der Waals surface area contributed by atoms with Gasteiger partial charge in [-0.15, -0.1) is 0 Å². The van der Waals surface area contributed by atoms with Crippen molar-refractivity contribution in [1.82, 2.24) is 14.9 Å². The fourth-order valence-corrected chi connectivity index (χ4v) is 5.31. The standard InChI is InChI=1S/C29H30F3N7O3/c1-4-26(41)34-20-6-5-7-21(10-20)35-27-23(29(30,31)32)12-33-28(37-27)36-24-9-8-22(11-25(24)42-3)39-15-18-13-38(17(2)40)14-19(18)16-39/h4-12,18-19H,1,13-16H2,2-3H3,(H,34,41)(H2,33,35,36,37). The van der Waals surface area contributed by atoms with Gasteiger partial charge in [0.15, 0.2) is 0 Å². The second-order valence-corrected chi connectivity index (χ2v) is 10.2. The van der Waals surface area contributed by atoms with Crippen molar-refractivity contribution in [3.8, 4) is 5.75 Å². The van der Waals surface area contributed by atoms with Crippen LogP contribution in [0.4, 0.5) is 47.7 Å². The van der Waals surface area contributed by atoms with Crippen LogP contribution in [0.1, 0.15) is 12.5 Å². The lowest BCUT2D eigenvalue weighted by Crippen LogP contribution is -2.31. The van der Waals surface area contributed by atoms with Crippen LogP contribution >= 0.6 is 0 Å². The van der Waals surface area contributed by atoms with Crippen LogP contribution in [0.2, 0.25) is 0 Å². The summed E-state index contributed by atoms with van der Waals surface area (Å²) in [6, 6.07) is 11.7. The molecule has 3 aromatic rings. The highest BCUT2D eigenvalue weighted by Crippen LogP contribution is 2.39. The first kappa shape index (κ1) is 28.7. The molecule has 2 unspecified atom stereocenters. The molecule has 0 spiro atoms. The Labute approximate surface area is 240 Å². The van der Waals surface area contributed by atoms with Gasteiger partial charge in [0.05, 0.1) is 12.8 Å². The van der Waals surface area contributed by atoms with Crippen molar-refractivity contribution in [2.24, 2.45) is 11.8 Å². The van der Waals surface area contributed by atoms with E-state index in [0.717, 1.165) is 37.9 Å². The number of carbonyl (C=O) groups is 2. The predicted molar refractivity (Wildman–Crippen MR) is 153 cm³/mol. The lowest BCUT2D eigenvalue weighted by molar-refractivity contribution is -0.137. The maximum atomic E-state index is 13.8. The van der Waals surface area contributed by atoms with E-state index in [1.54, 1.807) is 31.2 Å². The summed E-state index contributed by atoms with van der Waals surface area (Å²) in [7, 11) is 1.51. The monoisotopic (exact) mass is 581 g/mol. The summed E-state index contributed by atoms with van der Waals surface area (Å²) in [4.78, 5) is 35.5. The van der Waals surface area contributed by atoms with E-state index in [0.29, 0.717) is 35.2 Å². The lowest BCUT2D eigenvalue weighted by Gasteiger charge is -2.23. The van der Waals surface area contributed by atoms with Crippen molar-refractivity contribution in [2.45, 2.75) is 13.1 Å². The zero-order valence-corrected chi connectivity index (χ0v) is 23.0. The van der Waals surface area contributed by atoms with Gasteiger partial charge in [-0.05, 0) is 36.4 Å². The number of hydrogen-bond acceptors (Lipinski definition) is 8. The SMILES string of the molecule is C=CC(=O)Nc1cccc(Nc2nc(Nc3ccc(N4CC5CN(C(C)=O)CC5C4)cc3OC)ncc2C(F)(F)F)c1. The summed E-state index contributed by atoms with van der Waals surface area (Å²) < 4.78 is 47.0. The number of likely N-dealkylation sites (tertiary alicyclic amines) is 1. The van der Waals surface area contributed by atoms with Gasteiger partial charge in [-0.2, -0.15) is 18.2 Å². The Morgan fingerprint density at radius 1 is 1.05 bits per heavy atom. The number of hydrogen-bond donors (Lipinski definition) is 3. The van der Waals surface area contributed by atoms with Gasteiger partial charge in [-0.3, -0.25) is 9.59 Å². The molecular weight excluding hydrogens is 551 g/mol. The molecule has 2 aromatic carbocycles. The van der Waals surface area contributed by atoms with E-state index in [1.807, 2.05) is 17.0 Å². The number of anilines is 6. The number of nitrogens with one attached hydrogen (secondary N) is 3. The largest absolute Gasteiger partial charge is 0.494 e. The van der Waals surface area contributed by atoms with Gasteiger partial charge < -0.3 is 30.5 Å². The van der Waals surface area contributed by atoms with Crippen molar-refractivity contribution < 1.29 is 27.5 Å². The molecular formula is C29H30F3N7O3. The summed E-state index contributed by atoms with van der Waals surface area (Å²) >= 11 is 0. The van der Waals surface area contributed by atoms with E-state index >= 15 is 0 Å². The fraction of sp³-hybridized carbons (Fsp3) is 0.310. The topological polar surface area (TPSA) is 112 Å². The number of methoxy groups -OCH3 is 1. The number of alkyl halides is 3. The minimum Gasteiger partial charge on any atom is -0.494 e. The van der Waals surface area contributed by atoms with E-state index in [4.69, 9.17) is 4.74 Å². The third-order valence-electron chi connectivity index (χ3n) is 7.40. The van der Waals surface area contributed by atoms with Crippen molar-refractivity contribution in [2.75, 3.05) is 54.1 Å². The number of halogens is 3. The maximum Gasteiger partial charge on any atom is 0.421 e. The Morgan fingerprint density at radius 3 is 2.40 bits per heavy atom. The number of ether oxygens (including phenoxy) is 1. The highest BCUT2D eigenvalue weighted by molar-refractivity contribution is 5.99. The summed E-state index contributed by atoms with van der Waals surface area (Å²) in [5.74, 6) is 0.384. The number of nitrogens with zero attached hydrogens (tertiary/aromatic N) is 4. The molecule has 2 amide bonds. The minimum atomic E-state index is -4.72. The second-order valence-electron chi connectivity index (χ2n) is 10.2. The zero-order valence-electron chi connectivity index (χ0n) is 23.0. The van der Waals surface area contributed by atoms with Crippen LogP contribution in [0, 0.1) is 11.8 Å². The number of amides is 2. The number of aromatic nitrogens is 2. The summed E-state index contributed by atoms with van der Waals surface area (Å²) in [6.07, 6.45) is -2.93. The Hall–Kier alpha value is -4.81. The van der Waals surface area contributed by atoms with Crippen molar-refractivity contribution in [1.29, 1.82) is 0 Å². The smallest absolute Gasteiger partial charge is 0.421 e. The minimum absolute atomic E-state index is 0.0762. The van der Waals surface area contributed by atoms with Crippen LogP contribution < -0.4 is 25.6 Å². The number of rotatable bonds is 8. The van der Waals surface area contributed by atoms with Gasteiger partial charge in [0.25, 0.3) is 0 Å². The van der Waals surface area contributed by atoms with Gasteiger partial charge in [0.1, 0.15) is 17.1 Å². The van der Waals surface area contributed by atoms with Crippen molar-refractivity contribution in [3.05, 3.63) is 66.9 Å². The van der Waals surface area contributed by atoms with Crippen molar-refractivity contribution in [3.63, 3.8) is 0 Å². The molecule has 1 aromatic heterocycles. The maximum absolute atomic E-state index is 13.8. The first-order valence-corrected chi connectivity index (χ1v) is 13.2. The number of benzene rings is 2. The predicted octanol–water partition coefficient (Wildman–Crippen LogP) is 5.03. The van der Waals surface area contributed by atoms with Crippen molar-refractivity contribution >= 4 is 46.3 Å². The van der Waals surface area contributed by atoms with Gasteiger partial charge in [0.2, 0.25) is 17.8 Å².